The highest BCUT2D eigenvalue weighted by molar-refractivity contribution is 7.91. The lowest BCUT2D eigenvalue weighted by Crippen LogP contribution is -2.50. The summed E-state index contributed by atoms with van der Waals surface area (Å²) in [7, 11) is -3.89. The number of sulfone groups is 1. The van der Waals surface area contributed by atoms with Crippen LogP contribution < -0.4 is 5.73 Å². The van der Waals surface area contributed by atoms with Gasteiger partial charge in [0.2, 0.25) is 15.7 Å². The molecule has 1 fully saturated rings. The highest BCUT2D eigenvalue weighted by Gasteiger charge is 2.35. The quantitative estimate of drug-likeness (QED) is 0.715. The van der Waals surface area contributed by atoms with Gasteiger partial charge >= 0.3 is 0 Å². The van der Waals surface area contributed by atoms with E-state index in [1.54, 1.807) is 23.1 Å². The van der Waals surface area contributed by atoms with Gasteiger partial charge in [-0.3, -0.25) is 4.79 Å². The van der Waals surface area contributed by atoms with Gasteiger partial charge in [0.05, 0.1) is 10.9 Å². The van der Waals surface area contributed by atoms with Crippen LogP contribution in [0, 0.1) is 0 Å². The standard InChI is InChI=1S/C16H16N6O3S/c1-10(23)21-7-11(8-21)22-15-13(14(17)18-9-19-15)16(20-22)26(24,25)12-5-3-2-4-6-12/h2-6,9,11H,7-8H2,1H3,(H2,17,18,19). The van der Waals surface area contributed by atoms with Gasteiger partial charge in [0.25, 0.3) is 0 Å². The van der Waals surface area contributed by atoms with Crippen molar-refractivity contribution >= 4 is 32.6 Å². The van der Waals surface area contributed by atoms with Crippen LogP contribution in [-0.4, -0.2) is 52.1 Å². The summed E-state index contributed by atoms with van der Waals surface area (Å²) in [5, 5.41) is 4.36. The average molecular weight is 372 g/mol. The highest BCUT2D eigenvalue weighted by Crippen LogP contribution is 2.33. The number of anilines is 1. The summed E-state index contributed by atoms with van der Waals surface area (Å²) in [6, 6.07) is 7.86. The minimum absolute atomic E-state index is 0.0380. The fraction of sp³-hybridized carbons (Fsp3) is 0.250. The van der Waals surface area contributed by atoms with Gasteiger partial charge in [-0.15, -0.1) is 0 Å². The van der Waals surface area contributed by atoms with Gasteiger partial charge in [-0.05, 0) is 12.1 Å². The van der Waals surface area contributed by atoms with Gasteiger partial charge in [-0.1, -0.05) is 18.2 Å². The smallest absolute Gasteiger partial charge is 0.226 e. The molecule has 3 heterocycles. The van der Waals surface area contributed by atoms with Crippen molar-refractivity contribution in [3.05, 3.63) is 36.7 Å². The van der Waals surface area contributed by atoms with Crippen LogP contribution in [-0.2, 0) is 14.6 Å². The van der Waals surface area contributed by atoms with Gasteiger partial charge in [0.1, 0.15) is 17.5 Å². The Morgan fingerprint density at radius 1 is 1.19 bits per heavy atom. The highest BCUT2D eigenvalue weighted by atomic mass is 32.2. The number of amides is 1. The van der Waals surface area contributed by atoms with Gasteiger partial charge in [0, 0.05) is 20.0 Å². The second kappa shape index (κ2) is 5.77. The van der Waals surface area contributed by atoms with E-state index in [2.05, 4.69) is 15.1 Å². The molecule has 0 bridgehead atoms. The molecule has 3 aromatic rings. The second-order valence-electron chi connectivity index (χ2n) is 6.10. The maximum atomic E-state index is 13.1. The summed E-state index contributed by atoms with van der Waals surface area (Å²) >= 11 is 0. The van der Waals surface area contributed by atoms with Crippen LogP contribution in [0.2, 0.25) is 0 Å². The van der Waals surface area contributed by atoms with E-state index in [4.69, 9.17) is 5.73 Å². The zero-order valence-electron chi connectivity index (χ0n) is 13.9. The van der Waals surface area contributed by atoms with Crippen LogP contribution in [0.5, 0.6) is 0 Å². The molecular formula is C16H16N6O3S. The Kier molecular flexibility index (Phi) is 3.65. The van der Waals surface area contributed by atoms with Crippen LogP contribution in [0.4, 0.5) is 5.82 Å². The fourth-order valence-corrected chi connectivity index (χ4v) is 4.38. The lowest BCUT2D eigenvalue weighted by atomic mass is 10.1. The summed E-state index contributed by atoms with van der Waals surface area (Å²) in [6.07, 6.45) is 1.27. The molecule has 0 spiro atoms. The minimum Gasteiger partial charge on any atom is -0.383 e. The third kappa shape index (κ3) is 2.41. The molecule has 1 aliphatic rings. The molecule has 0 unspecified atom stereocenters. The first kappa shape index (κ1) is 16.5. The number of rotatable bonds is 3. The van der Waals surface area contributed by atoms with E-state index in [0.29, 0.717) is 18.7 Å². The first-order valence-electron chi connectivity index (χ1n) is 7.94. The largest absolute Gasteiger partial charge is 0.383 e. The summed E-state index contributed by atoms with van der Waals surface area (Å²) in [5.74, 6) is 0.0162. The minimum atomic E-state index is -3.89. The number of aromatic nitrogens is 4. The molecule has 1 aromatic carbocycles. The van der Waals surface area contributed by atoms with E-state index < -0.39 is 9.84 Å². The predicted octanol–water partition coefficient (Wildman–Crippen LogP) is 0.644. The van der Waals surface area contributed by atoms with Crippen LogP contribution in [0.1, 0.15) is 13.0 Å². The lowest BCUT2D eigenvalue weighted by Gasteiger charge is -2.38. The van der Waals surface area contributed by atoms with Crippen LogP contribution in [0.3, 0.4) is 0 Å². The van der Waals surface area contributed by atoms with Crippen molar-refractivity contribution in [1.82, 2.24) is 24.6 Å². The Morgan fingerprint density at radius 3 is 2.54 bits per heavy atom. The molecule has 1 saturated heterocycles. The fourth-order valence-electron chi connectivity index (χ4n) is 2.98. The number of nitrogens with two attached hydrogens (primary N) is 1. The molecule has 0 radical (unpaired) electrons. The van der Waals surface area contributed by atoms with Crippen molar-refractivity contribution in [3.8, 4) is 0 Å². The van der Waals surface area contributed by atoms with E-state index in [0.717, 1.165) is 0 Å². The molecule has 2 aromatic heterocycles. The number of nitrogens with zero attached hydrogens (tertiary/aromatic N) is 5. The molecule has 26 heavy (non-hydrogen) atoms. The van der Waals surface area contributed by atoms with E-state index in [9.17, 15) is 13.2 Å². The number of hydrogen-bond donors (Lipinski definition) is 1. The zero-order valence-corrected chi connectivity index (χ0v) is 14.7. The Labute approximate surface area is 149 Å². The maximum Gasteiger partial charge on any atom is 0.226 e. The number of likely N-dealkylation sites (tertiary alicyclic amines) is 1. The van der Waals surface area contributed by atoms with E-state index in [-0.39, 0.29) is 33.1 Å². The molecule has 0 aliphatic carbocycles. The molecule has 134 valence electrons. The SMILES string of the molecule is CC(=O)N1CC(n2nc(S(=O)(=O)c3ccccc3)c3c(N)ncnc32)C1. The summed E-state index contributed by atoms with van der Waals surface area (Å²) in [6.45, 7) is 2.38. The van der Waals surface area contributed by atoms with Crippen LogP contribution in [0.15, 0.2) is 46.6 Å². The molecule has 10 heteroatoms. The molecule has 0 saturated carbocycles. The Morgan fingerprint density at radius 2 is 1.88 bits per heavy atom. The summed E-state index contributed by atoms with van der Waals surface area (Å²) in [4.78, 5) is 21.3. The number of fused-ring (bicyclic) bond motifs is 1. The van der Waals surface area contributed by atoms with Gasteiger partial charge in [-0.25, -0.2) is 23.1 Å². The predicted molar refractivity (Wildman–Crippen MR) is 92.9 cm³/mol. The van der Waals surface area contributed by atoms with Crippen LogP contribution in [0.25, 0.3) is 11.0 Å². The molecule has 1 amide bonds. The van der Waals surface area contributed by atoms with E-state index in [1.165, 1.54) is 30.1 Å². The first-order valence-corrected chi connectivity index (χ1v) is 9.42. The number of carbonyl (C=O) groups excluding carboxylic acids is 1. The van der Waals surface area contributed by atoms with Crippen molar-refractivity contribution in [3.63, 3.8) is 0 Å². The van der Waals surface area contributed by atoms with Crippen LogP contribution >= 0.6 is 0 Å². The monoisotopic (exact) mass is 372 g/mol. The zero-order chi connectivity index (χ0) is 18.5. The second-order valence-corrected chi connectivity index (χ2v) is 7.97. The molecule has 2 N–H and O–H groups in total. The van der Waals surface area contributed by atoms with Crippen molar-refractivity contribution in [2.75, 3.05) is 18.8 Å². The topological polar surface area (TPSA) is 124 Å². The lowest BCUT2D eigenvalue weighted by molar-refractivity contribution is -0.134. The molecule has 9 nitrogen and oxygen atoms in total. The summed E-state index contributed by atoms with van der Waals surface area (Å²) in [5.41, 5.74) is 6.29. The Balaban J connectivity index is 1.88. The van der Waals surface area contributed by atoms with Gasteiger partial charge in [-0.2, -0.15) is 5.10 Å². The first-order chi connectivity index (χ1) is 12.4. The molecule has 1 aliphatic heterocycles. The number of hydrogen-bond acceptors (Lipinski definition) is 7. The number of carbonyl (C=O) groups is 1. The van der Waals surface area contributed by atoms with Crippen molar-refractivity contribution in [1.29, 1.82) is 0 Å². The average Bonchev–Trinajstić information content (AvgIpc) is 2.96. The molecule has 0 atom stereocenters. The third-order valence-electron chi connectivity index (χ3n) is 4.45. The van der Waals surface area contributed by atoms with Crippen molar-refractivity contribution in [2.24, 2.45) is 0 Å². The number of benzene rings is 1. The van der Waals surface area contributed by atoms with Crippen molar-refractivity contribution in [2.45, 2.75) is 22.9 Å². The summed E-state index contributed by atoms with van der Waals surface area (Å²) < 4.78 is 27.7. The Bertz CT molecular complexity index is 1100. The van der Waals surface area contributed by atoms with Gasteiger partial charge < -0.3 is 10.6 Å². The Hall–Kier alpha value is -3.01. The van der Waals surface area contributed by atoms with E-state index in [1.807, 2.05) is 0 Å². The van der Waals surface area contributed by atoms with Crippen molar-refractivity contribution < 1.29 is 13.2 Å². The number of nitrogen functional groups attached to an aromatic ring is 1. The van der Waals surface area contributed by atoms with Gasteiger partial charge in [0.15, 0.2) is 10.7 Å². The van der Waals surface area contributed by atoms with E-state index >= 15 is 0 Å². The normalized spacial score (nSPS) is 15.2. The molecular weight excluding hydrogens is 356 g/mol. The third-order valence-corrected chi connectivity index (χ3v) is 6.14. The maximum absolute atomic E-state index is 13.1. The molecule has 4 rings (SSSR count).